The number of allylic oxidation sites excluding steroid dienone is 1. The van der Waals surface area contributed by atoms with E-state index in [1.807, 2.05) is 27.7 Å². The Morgan fingerprint density at radius 1 is 1.35 bits per heavy atom. The molecular formula is C13H19NO2S. The number of rotatable bonds is 3. The maximum atomic E-state index is 11.3. The second-order valence-corrected chi connectivity index (χ2v) is 6.49. The van der Waals surface area contributed by atoms with Gasteiger partial charge in [-0.2, -0.15) is 0 Å². The average molecular weight is 253 g/mol. The van der Waals surface area contributed by atoms with E-state index >= 15 is 0 Å². The van der Waals surface area contributed by atoms with Crippen molar-refractivity contribution in [3.8, 4) is 0 Å². The molecule has 94 valence electrons. The summed E-state index contributed by atoms with van der Waals surface area (Å²) < 4.78 is 22.7. The number of sulfonamides is 1. The van der Waals surface area contributed by atoms with Gasteiger partial charge in [0.15, 0.2) is 0 Å². The molecule has 0 saturated heterocycles. The molecule has 0 fully saturated rings. The van der Waals surface area contributed by atoms with Crippen LogP contribution in [0.1, 0.15) is 31.9 Å². The van der Waals surface area contributed by atoms with Gasteiger partial charge < -0.3 is 0 Å². The highest BCUT2D eigenvalue weighted by Gasteiger charge is 2.24. The summed E-state index contributed by atoms with van der Waals surface area (Å²) in [6, 6.07) is 4.95. The van der Waals surface area contributed by atoms with Crippen molar-refractivity contribution in [2.24, 2.45) is 5.14 Å². The SMILES string of the molecule is C=C(C)C(C)(C)c1cc(S(N)(=O)=O)ccc1C. The molecule has 0 heterocycles. The largest absolute Gasteiger partial charge is 0.238 e. The summed E-state index contributed by atoms with van der Waals surface area (Å²) in [6.07, 6.45) is 0. The molecule has 4 heteroatoms. The zero-order valence-electron chi connectivity index (χ0n) is 10.7. The lowest BCUT2D eigenvalue weighted by Crippen LogP contribution is -2.21. The Hall–Kier alpha value is -1.13. The van der Waals surface area contributed by atoms with Gasteiger partial charge in [-0.1, -0.05) is 32.1 Å². The lowest BCUT2D eigenvalue weighted by Gasteiger charge is -2.28. The molecule has 0 amide bonds. The van der Waals surface area contributed by atoms with Crippen LogP contribution in [0.5, 0.6) is 0 Å². The maximum absolute atomic E-state index is 11.3. The molecule has 1 rings (SSSR count). The van der Waals surface area contributed by atoms with E-state index in [0.29, 0.717) is 0 Å². The van der Waals surface area contributed by atoms with Crippen molar-refractivity contribution in [3.63, 3.8) is 0 Å². The predicted molar refractivity (Wildman–Crippen MR) is 70.4 cm³/mol. The van der Waals surface area contributed by atoms with E-state index in [2.05, 4.69) is 6.58 Å². The minimum atomic E-state index is -3.66. The molecule has 0 atom stereocenters. The fraction of sp³-hybridized carbons (Fsp3) is 0.385. The molecule has 1 aromatic rings. The Morgan fingerprint density at radius 2 is 1.88 bits per heavy atom. The van der Waals surface area contributed by atoms with Gasteiger partial charge in [-0.25, -0.2) is 13.6 Å². The van der Waals surface area contributed by atoms with Gasteiger partial charge in [0.2, 0.25) is 10.0 Å². The molecule has 1 aromatic carbocycles. The third-order valence-corrected chi connectivity index (χ3v) is 4.19. The van der Waals surface area contributed by atoms with Gasteiger partial charge in [0, 0.05) is 5.41 Å². The minimum absolute atomic E-state index is 0.146. The molecule has 0 saturated carbocycles. The molecule has 3 nitrogen and oxygen atoms in total. The summed E-state index contributed by atoms with van der Waals surface area (Å²) in [4.78, 5) is 0.146. The highest BCUT2D eigenvalue weighted by Crippen LogP contribution is 2.33. The smallest absolute Gasteiger partial charge is 0.225 e. The minimum Gasteiger partial charge on any atom is -0.225 e. The van der Waals surface area contributed by atoms with E-state index in [1.165, 1.54) is 6.07 Å². The lowest BCUT2D eigenvalue weighted by atomic mass is 9.77. The number of benzene rings is 1. The standard InChI is InChI=1S/C13H19NO2S/c1-9(2)13(4,5)12-8-11(17(14,15)16)7-6-10(12)3/h6-8H,1H2,2-5H3,(H2,14,15,16). The Bertz CT molecular complexity index is 557. The van der Waals surface area contributed by atoms with Gasteiger partial charge in [-0.15, -0.1) is 0 Å². The Kier molecular flexibility index (Phi) is 3.50. The van der Waals surface area contributed by atoms with Crippen LogP contribution in [0.25, 0.3) is 0 Å². The maximum Gasteiger partial charge on any atom is 0.238 e. The molecular weight excluding hydrogens is 234 g/mol. The van der Waals surface area contributed by atoms with E-state index < -0.39 is 10.0 Å². The number of nitrogens with two attached hydrogens (primary N) is 1. The summed E-state index contributed by atoms with van der Waals surface area (Å²) in [6.45, 7) is 11.9. The van der Waals surface area contributed by atoms with Gasteiger partial charge >= 0.3 is 0 Å². The molecule has 0 spiro atoms. The van der Waals surface area contributed by atoms with Crippen LogP contribution in [-0.2, 0) is 15.4 Å². The van der Waals surface area contributed by atoms with E-state index in [1.54, 1.807) is 12.1 Å². The summed E-state index contributed by atoms with van der Waals surface area (Å²) in [5.74, 6) is 0. The average Bonchev–Trinajstić information content (AvgIpc) is 2.15. The van der Waals surface area contributed by atoms with Crippen LogP contribution in [0.4, 0.5) is 0 Å². The lowest BCUT2D eigenvalue weighted by molar-refractivity contribution is 0.595. The topological polar surface area (TPSA) is 60.2 Å². The molecule has 0 unspecified atom stereocenters. The fourth-order valence-corrected chi connectivity index (χ4v) is 2.22. The Balaban J connectivity index is 3.50. The first-order chi connectivity index (χ1) is 7.56. The monoisotopic (exact) mass is 253 g/mol. The van der Waals surface area contributed by atoms with Crippen LogP contribution in [0.3, 0.4) is 0 Å². The third-order valence-electron chi connectivity index (χ3n) is 3.28. The number of aryl methyl sites for hydroxylation is 1. The van der Waals surface area contributed by atoms with Gasteiger partial charge in [0.1, 0.15) is 0 Å². The van der Waals surface area contributed by atoms with Gasteiger partial charge in [0.25, 0.3) is 0 Å². The van der Waals surface area contributed by atoms with Crippen molar-refractivity contribution in [2.45, 2.75) is 38.0 Å². The summed E-state index contributed by atoms with van der Waals surface area (Å²) >= 11 is 0. The quantitative estimate of drug-likeness (QED) is 0.841. The molecule has 0 aliphatic rings. The molecule has 0 aliphatic carbocycles. The van der Waals surface area contributed by atoms with Crippen molar-refractivity contribution in [2.75, 3.05) is 0 Å². The Labute approximate surface area is 103 Å². The first kappa shape index (κ1) is 13.9. The zero-order valence-corrected chi connectivity index (χ0v) is 11.6. The zero-order chi connectivity index (χ0) is 13.4. The van der Waals surface area contributed by atoms with Crippen LogP contribution < -0.4 is 5.14 Å². The third kappa shape index (κ3) is 2.76. The van der Waals surface area contributed by atoms with Gasteiger partial charge in [-0.3, -0.25) is 0 Å². The summed E-state index contributed by atoms with van der Waals surface area (Å²) in [5, 5.41) is 5.14. The second kappa shape index (κ2) is 4.27. The van der Waals surface area contributed by atoms with Crippen molar-refractivity contribution >= 4 is 10.0 Å². The molecule has 0 radical (unpaired) electrons. The molecule has 0 aliphatic heterocycles. The number of hydrogen-bond acceptors (Lipinski definition) is 2. The number of hydrogen-bond donors (Lipinski definition) is 1. The first-order valence-corrected chi connectivity index (χ1v) is 6.91. The predicted octanol–water partition coefficient (Wildman–Crippen LogP) is 2.50. The second-order valence-electron chi connectivity index (χ2n) is 4.93. The van der Waals surface area contributed by atoms with Crippen LogP contribution in [0.2, 0.25) is 0 Å². The molecule has 17 heavy (non-hydrogen) atoms. The first-order valence-electron chi connectivity index (χ1n) is 5.36. The van der Waals surface area contributed by atoms with Crippen molar-refractivity contribution < 1.29 is 8.42 Å². The van der Waals surface area contributed by atoms with Gasteiger partial charge in [0.05, 0.1) is 4.90 Å². The van der Waals surface area contributed by atoms with E-state index in [4.69, 9.17) is 5.14 Å². The van der Waals surface area contributed by atoms with Crippen molar-refractivity contribution in [1.29, 1.82) is 0 Å². The van der Waals surface area contributed by atoms with E-state index in [-0.39, 0.29) is 10.3 Å². The number of primary sulfonamides is 1. The summed E-state index contributed by atoms with van der Waals surface area (Å²) in [5.41, 5.74) is 2.68. The summed E-state index contributed by atoms with van der Waals surface area (Å²) in [7, 11) is -3.66. The van der Waals surface area contributed by atoms with Gasteiger partial charge in [-0.05, 0) is 37.1 Å². The van der Waals surface area contributed by atoms with Crippen molar-refractivity contribution in [1.82, 2.24) is 0 Å². The molecule has 0 aromatic heterocycles. The van der Waals surface area contributed by atoms with Crippen molar-refractivity contribution in [3.05, 3.63) is 41.5 Å². The van der Waals surface area contributed by atoms with E-state index in [0.717, 1.165) is 16.7 Å². The molecule has 2 N–H and O–H groups in total. The van der Waals surface area contributed by atoms with Crippen LogP contribution in [0, 0.1) is 6.92 Å². The van der Waals surface area contributed by atoms with Crippen LogP contribution in [-0.4, -0.2) is 8.42 Å². The van der Waals surface area contributed by atoms with E-state index in [9.17, 15) is 8.42 Å². The highest BCUT2D eigenvalue weighted by atomic mass is 32.2. The van der Waals surface area contributed by atoms with Crippen LogP contribution in [0.15, 0.2) is 35.2 Å². The highest BCUT2D eigenvalue weighted by molar-refractivity contribution is 7.89. The molecule has 0 bridgehead atoms. The van der Waals surface area contributed by atoms with Crippen LogP contribution >= 0.6 is 0 Å². The fourth-order valence-electron chi connectivity index (χ4n) is 1.68. The normalized spacial score (nSPS) is 12.5. The Morgan fingerprint density at radius 3 is 2.29 bits per heavy atom.